The molecule has 0 radical (unpaired) electrons. The standard InChI is InChI=1S/C16H18NO2P/c1-11-4-7-15(12(8-11)10-17-2)20-16-9-13(19-3)5-6-14(16)18/h4-10,18,20H,1-3H3/b17-10+. The van der Waals surface area contributed by atoms with Crippen molar-refractivity contribution in [3.63, 3.8) is 0 Å². The number of aliphatic imine (C=N–C) groups is 1. The van der Waals surface area contributed by atoms with Crippen LogP contribution in [0.4, 0.5) is 0 Å². The maximum atomic E-state index is 9.98. The van der Waals surface area contributed by atoms with Crippen LogP contribution < -0.4 is 15.3 Å². The molecule has 2 rings (SSSR count). The van der Waals surface area contributed by atoms with Crippen molar-refractivity contribution in [3.05, 3.63) is 47.5 Å². The molecular formula is C16H18NO2P. The molecular weight excluding hydrogens is 269 g/mol. The van der Waals surface area contributed by atoms with Crippen LogP contribution in [-0.4, -0.2) is 25.5 Å². The van der Waals surface area contributed by atoms with Gasteiger partial charge in [-0.05, 0) is 36.5 Å². The molecule has 2 aromatic rings. The first kappa shape index (κ1) is 14.5. The van der Waals surface area contributed by atoms with E-state index in [1.165, 1.54) is 5.56 Å². The summed E-state index contributed by atoms with van der Waals surface area (Å²) >= 11 is 0. The largest absolute Gasteiger partial charge is 0.507 e. The molecule has 3 nitrogen and oxygen atoms in total. The van der Waals surface area contributed by atoms with Gasteiger partial charge in [0.05, 0.1) is 7.11 Å². The first-order chi connectivity index (χ1) is 9.63. The van der Waals surface area contributed by atoms with Crippen LogP contribution in [0.1, 0.15) is 11.1 Å². The zero-order valence-corrected chi connectivity index (χ0v) is 12.8. The predicted molar refractivity (Wildman–Crippen MR) is 86.9 cm³/mol. The maximum absolute atomic E-state index is 9.98. The van der Waals surface area contributed by atoms with Crippen LogP contribution >= 0.6 is 8.58 Å². The fraction of sp³-hybridized carbons (Fsp3) is 0.188. The number of phenols is 1. The first-order valence-electron chi connectivity index (χ1n) is 6.31. The monoisotopic (exact) mass is 287 g/mol. The number of aryl methyl sites for hydroxylation is 1. The number of aromatic hydroxyl groups is 1. The normalized spacial score (nSPS) is 11.6. The number of ether oxygens (including phenoxy) is 1. The van der Waals surface area contributed by atoms with Crippen molar-refractivity contribution in [1.82, 2.24) is 0 Å². The summed E-state index contributed by atoms with van der Waals surface area (Å²) in [5.41, 5.74) is 2.29. The third-order valence-electron chi connectivity index (χ3n) is 2.95. The fourth-order valence-electron chi connectivity index (χ4n) is 1.93. The van der Waals surface area contributed by atoms with E-state index in [1.54, 1.807) is 26.3 Å². The Labute approximate surface area is 121 Å². The smallest absolute Gasteiger partial charge is 0.123 e. The van der Waals surface area contributed by atoms with Gasteiger partial charge < -0.3 is 9.84 Å². The molecule has 0 fully saturated rings. The minimum absolute atomic E-state index is 0.295. The molecule has 1 unspecified atom stereocenters. The molecule has 20 heavy (non-hydrogen) atoms. The zero-order valence-electron chi connectivity index (χ0n) is 11.8. The minimum atomic E-state index is 0.295. The number of benzene rings is 2. The van der Waals surface area contributed by atoms with E-state index in [4.69, 9.17) is 4.74 Å². The van der Waals surface area contributed by atoms with Crippen molar-refractivity contribution < 1.29 is 9.84 Å². The average molecular weight is 287 g/mol. The molecule has 4 heteroatoms. The second-order valence-corrected chi connectivity index (χ2v) is 5.81. The molecule has 0 aliphatic heterocycles. The lowest BCUT2D eigenvalue weighted by Gasteiger charge is -2.10. The Morgan fingerprint density at radius 1 is 1.15 bits per heavy atom. The van der Waals surface area contributed by atoms with Crippen LogP contribution in [-0.2, 0) is 0 Å². The van der Waals surface area contributed by atoms with Gasteiger partial charge in [0.1, 0.15) is 11.5 Å². The highest BCUT2D eigenvalue weighted by Gasteiger charge is 2.07. The van der Waals surface area contributed by atoms with Crippen LogP contribution in [0.3, 0.4) is 0 Å². The highest BCUT2D eigenvalue weighted by Crippen LogP contribution is 2.23. The summed E-state index contributed by atoms with van der Waals surface area (Å²) in [7, 11) is 3.75. The highest BCUT2D eigenvalue weighted by molar-refractivity contribution is 7.56. The Bertz CT molecular complexity index is 638. The van der Waals surface area contributed by atoms with Crippen molar-refractivity contribution in [2.75, 3.05) is 14.2 Å². The van der Waals surface area contributed by atoms with Crippen molar-refractivity contribution in [1.29, 1.82) is 0 Å². The van der Waals surface area contributed by atoms with Crippen molar-refractivity contribution in [2.24, 2.45) is 4.99 Å². The quantitative estimate of drug-likeness (QED) is 0.693. The van der Waals surface area contributed by atoms with Gasteiger partial charge in [-0.1, -0.05) is 26.3 Å². The molecule has 104 valence electrons. The Morgan fingerprint density at radius 3 is 2.65 bits per heavy atom. The Hall–Kier alpha value is -1.86. The van der Waals surface area contributed by atoms with E-state index < -0.39 is 0 Å². The van der Waals surface area contributed by atoms with E-state index in [9.17, 15) is 5.11 Å². The fourth-order valence-corrected chi connectivity index (χ4v) is 3.09. The molecule has 0 saturated carbocycles. The van der Waals surface area contributed by atoms with E-state index in [1.807, 2.05) is 12.3 Å². The van der Waals surface area contributed by atoms with Crippen LogP contribution in [0.15, 0.2) is 41.4 Å². The first-order valence-corrected chi connectivity index (χ1v) is 7.31. The summed E-state index contributed by atoms with van der Waals surface area (Å²) in [4.78, 5) is 4.10. The van der Waals surface area contributed by atoms with E-state index in [2.05, 4.69) is 30.1 Å². The Balaban J connectivity index is 2.39. The van der Waals surface area contributed by atoms with Gasteiger partial charge in [-0.25, -0.2) is 0 Å². The number of hydrogen-bond donors (Lipinski definition) is 1. The predicted octanol–water partition coefficient (Wildman–Crippen LogP) is 2.39. The minimum Gasteiger partial charge on any atom is -0.507 e. The Kier molecular flexibility index (Phi) is 4.75. The van der Waals surface area contributed by atoms with E-state index in [0.717, 1.165) is 21.9 Å². The number of rotatable bonds is 4. The summed E-state index contributed by atoms with van der Waals surface area (Å²) in [6, 6.07) is 11.6. The lowest BCUT2D eigenvalue weighted by molar-refractivity contribution is 0.413. The summed E-state index contributed by atoms with van der Waals surface area (Å²) < 4.78 is 5.21. The summed E-state index contributed by atoms with van der Waals surface area (Å²) in [6.07, 6.45) is 1.85. The van der Waals surface area contributed by atoms with Gasteiger partial charge in [-0.2, -0.15) is 0 Å². The maximum Gasteiger partial charge on any atom is 0.123 e. The molecule has 0 heterocycles. The molecule has 0 saturated heterocycles. The SMILES string of the molecule is C/N=C/c1cc(C)ccc1Pc1cc(OC)ccc1O. The Morgan fingerprint density at radius 2 is 1.95 bits per heavy atom. The van der Waals surface area contributed by atoms with Gasteiger partial charge in [0.2, 0.25) is 0 Å². The third kappa shape index (κ3) is 3.37. The third-order valence-corrected chi connectivity index (χ3v) is 4.34. The van der Waals surface area contributed by atoms with E-state index in [0.29, 0.717) is 14.3 Å². The molecule has 1 atom stereocenters. The van der Waals surface area contributed by atoms with Crippen LogP contribution in [0.2, 0.25) is 0 Å². The van der Waals surface area contributed by atoms with E-state index >= 15 is 0 Å². The molecule has 0 aliphatic rings. The zero-order chi connectivity index (χ0) is 14.5. The lowest BCUT2D eigenvalue weighted by Crippen LogP contribution is -2.10. The number of phenolic OH excluding ortho intramolecular Hbond substituents is 1. The van der Waals surface area contributed by atoms with Crippen molar-refractivity contribution in [2.45, 2.75) is 6.92 Å². The molecule has 0 aliphatic carbocycles. The summed E-state index contributed by atoms with van der Waals surface area (Å²) in [5, 5.41) is 12.0. The molecule has 0 amide bonds. The number of hydrogen-bond acceptors (Lipinski definition) is 3. The second-order valence-electron chi connectivity index (χ2n) is 4.49. The van der Waals surface area contributed by atoms with E-state index in [-0.39, 0.29) is 0 Å². The molecule has 1 N–H and O–H groups in total. The highest BCUT2D eigenvalue weighted by atomic mass is 31.1. The van der Waals surface area contributed by atoms with Gasteiger partial charge >= 0.3 is 0 Å². The summed E-state index contributed by atoms with van der Waals surface area (Å²) in [6.45, 7) is 2.06. The van der Waals surface area contributed by atoms with Crippen molar-refractivity contribution in [3.8, 4) is 11.5 Å². The topological polar surface area (TPSA) is 41.8 Å². The van der Waals surface area contributed by atoms with Crippen molar-refractivity contribution >= 4 is 25.4 Å². The molecule has 0 spiro atoms. The lowest BCUT2D eigenvalue weighted by atomic mass is 10.1. The van der Waals surface area contributed by atoms with Gasteiger partial charge in [-0.15, -0.1) is 0 Å². The van der Waals surface area contributed by atoms with Gasteiger partial charge in [0.15, 0.2) is 0 Å². The molecule has 0 bridgehead atoms. The summed E-state index contributed by atoms with van der Waals surface area (Å²) in [5.74, 6) is 1.05. The van der Waals surface area contributed by atoms with Crippen LogP contribution in [0.5, 0.6) is 11.5 Å². The van der Waals surface area contributed by atoms with Gasteiger partial charge in [-0.3, -0.25) is 4.99 Å². The number of nitrogens with zero attached hydrogens (tertiary/aromatic N) is 1. The van der Waals surface area contributed by atoms with Gasteiger partial charge in [0, 0.05) is 24.1 Å². The van der Waals surface area contributed by atoms with Gasteiger partial charge in [0.25, 0.3) is 0 Å². The molecule has 0 aromatic heterocycles. The number of methoxy groups -OCH3 is 1. The van der Waals surface area contributed by atoms with Crippen LogP contribution in [0.25, 0.3) is 0 Å². The average Bonchev–Trinajstić information content (AvgIpc) is 2.44. The second kappa shape index (κ2) is 6.53. The van der Waals surface area contributed by atoms with Crippen LogP contribution in [0, 0.1) is 6.92 Å². The molecule has 2 aromatic carbocycles.